The van der Waals surface area contributed by atoms with Gasteiger partial charge < -0.3 is 20.1 Å². The number of nitrogen functional groups attached to an aromatic ring is 1. The first-order valence-corrected chi connectivity index (χ1v) is 16.5. The standard InChI is InChI=1S/C36H39N7O3/c1-40-31-21-26(9-11-29(31)43-30-4-2-3-28(37)33(30)35(46)39-36(40)43)42-19-15-25(16-20-42)41-17-13-23(14-18-41)22-5-7-24(8-6-22)27-10-12-32(44)38-34(27)45/h2-9,11,21,23,25,27H,10,12-20,37H2,1H3,(H,38,44,45). The molecule has 3 N–H and O–H groups in total. The summed E-state index contributed by atoms with van der Waals surface area (Å²) in [4.78, 5) is 46.2. The Labute approximate surface area is 266 Å². The van der Waals surface area contributed by atoms with Gasteiger partial charge in [-0.05, 0) is 92.6 Å². The number of amides is 2. The maximum atomic E-state index is 12.8. The van der Waals surface area contributed by atoms with E-state index in [1.807, 2.05) is 28.1 Å². The molecule has 8 rings (SSSR count). The van der Waals surface area contributed by atoms with Crippen molar-refractivity contribution in [3.8, 4) is 0 Å². The fraction of sp³-hybridized carbons (Fsp3) is 0.389. The number of aromatic nitrogens is 3. The number of hydrogen-bond donors (Lipinski definition) is 2. The van der Waals surface area contributed by atoms with Gasteiger partial charge in [-0.3, -0.25) is 24.1 Å². The van der Waals surface area contributed by atoms with Gasteiger partial charge in [-0.1, -0.05) is 30.3 Å². The first-order chi connectivity index (χ1) is 22.4. The number of fused-ring (bicyclic) bond motifs is 5. The molecular weight excluding hydrogens is 578 g/mol. The number of benzene rings is 3. The maximum Gasteiger partial charge on any atom is 0.284 e. The van der Waals surface area contributed by atoms with E-state index in [2.05, 4.69) is 62.6 Å². The highest BCUT2D eigenvalue weighted by molar-refractivity contribution is 6.01. The Morgan fingerprint density at radius 2 is 1.54 bits per heavy atom. The molecule has 10 nitrogen and oxygen atoms in total. The second-order valence-electron chi connectivity index (χ2n) is 13.2. The van der Waals surface area contributed by atoms with Crippen LogP contribution in [0.4, 0.5) is 11.4 Å². The van der Waals surface area contributed by atoms with E-state index < -0.39 is 0 Å². The van der Waals surface area contributed by atoms with Gasteiger partial charge >= 0.3 is 0 Å². The van der Waals surface area contributed by atoms with Crippen LogP contribution in [0.3, 0.4) is 0 Å². The lowest BCUT2D eigenvalue weighted by molar-refractivity contribution is -0.134. The van der Waals surface area contributed by atoms with E-state index in [9.17, 15) is 14.4 Å². The molecule has 0 aliphatic carbocycles. The summed E-state index contributed by atoms with van der Waals surface area (Å²) in [7, 11) is 1.97. The average Bonchev–Trinajstić information content (AvgIpc) is 3.35. The highest BCUT2D eigenvalue weighted by atomic mass is 16.2. The Balaban J connectivity index is 0.915. The topological polar surface area (TPSA) is 118 Å². The van der Waals surface area contributed by atoms with Crippen molar-refractivity contribution in [3.05, 3.63) is 82.1 Å². The molecule has 3 aliphatic heterocycles. The van der Waals surface area contributed by atoms with Gasteiger partial charge in [0.2, 0.25) is 17.6 Å². The number of piperidine rings is 3. The zero-order valence-electron chi connectivity index (χ0n) is 26.1. The zero-order chi connectivity index (χ0) is 31.5. The van der Waals surface area contributed by atoms with Gasteiger partial charge in [0, 0.05) is 44.0 Å². The zero-order valence-corrected chi connectivity index (χ0v) is 26.1. The molecule has 0 bridgehead atoms. The van der Waals surface area contributed by atoms with Gasteiger partial charge in [0.15, 0.2) is 0 Å². The van der Waals surface area contributed by atoms with Crippen LogP contribution in [-0.2, 0) is 16.6 Å². The number of hydrogen-bond acceptors (Lipinski definition) is 7. The van der Waals surface area contributed by atoms with Gasteiger partial charge in [0.25, 0.3) is 5.56 Å². The van der Waals surface area contributed by atoms with Crippen molar-refractivity contribution < 1.29 is 9.59 Å². The minimum Gasteiger partial charge on any atom is -0.398 e. The van der Waals surface area contributed by atoms with Crippen molar-refractivity contribution >= 4 is 50.9 Å². The third-order valence-corrected chi connectivity index (χ3v) is 10.7. The van der Waals surface area contributed by atoms with E-state index in [1.165, 1.54) is 11.3 Å². The molecular formula is C36H39N7O3. The molecule has 1 atom stereocenters. The predicted molar refractivity (Wildman–Crippen MR) is 180 cm³/mol. The Morgan fingerprint density at radius 1 is 0.804 bits per heavy atom. The highest BCUT2D eigenvalue weighted by Gasteiger charge is 2.31. The van der Waals surface area contributed by atoms with Crippen LogP contribution in [0.15, 0.2) is 65.5 Å². The Kier molecular flexibility index (Phi) is 7.05. The summed E-state index contributed by atoms with van der Waals surface area (Å²) in [5, 5.41) is 2.94. The smallest absolute Gasteiger partial charge is 0.284 e. The first kappa shape index (κ1) is 28.8. The molecule has 236 valence electrons. The van der Waals surface area contributed by atoms with Crippen LogP contribution in [0.1, 0.15) is 61.5 Å². The summed E-state index contributed by atoms with van der Waals surface area (Å²) in [6.07, 6.45) is 5.56. The molecule has 3 aromatic carbocycles. The normalized spacial score (nSPS) is 20.6. The van der Waals surface area contributed by atoms with E-state index in [-0.39, 0.29) is 23.3 Å². The summed E-state index contributed by atoms with van der Waals surface area (Å²) in [6.45, 7) is 4.24. The van der Waals surface area contributed by atoms with Crippen LogP contribution in [-0.4, -0.2) is 62.9 Å². The minimum absolute atomic E-state index is 0.171. The van der Waals surface area contributed by atoms with E-state index in [0.29, 0.717) is 41.7 Å². The molecule has 0 spiro atoms. The van der Waals surface area contributed by atoms with Gasteiger partial charge in [0.1, 0.15) is 0 Å². The van der Waals surface area contributed by atoms with Crippen LogP contribution in [0.5, 0.6) is 0 Å². The van der Waals surface area contributed by atoms with E-state index in [4.69, 9.17) is 5.73 Å². The molecule has 1 unspecified atom stereocenters. The second kappa shape index (κ2) is 11.3. The van der Waals surface area contributed by atoms with Gasteiger partial charge in [-0.25, -0.2) is 0 Å². The predicted octanol–water partition coefficient (Wildman–Crippen LogP) is 4.29. The van der Waals surface area contributed by atoms with Crippen LogP contribution in [0, 0.1) is 0 Å². The Bertz CT molecular complexity index is 2050. The van der Waals surface area contributed by atoms with Crippen molar-refractivity contribution in [2.75, 3.05) is 36.8 Å². The number of imidazole rings is 1. The van der Waals surface area contributed by atoms with Crippen LogP contribution >= 0.6 is 0 Å². The van der Waals surface area contributed by atoms with Crippen LogP contribution < -0.4 is 21.5 Å². The highest BCUT2D eigenvalue weighted by Crippen LogP contribution is 2.34. The molecule has 0 saturated carbocycles. The lowest BCUT2D eigenvalue weighted by atomic mass is 9.85. The molecule has 3 saturated heterocycles. The molecule has 3 fully saturated rings. The van der Waals surface area contributed by atoms with Crippen molar-refractivity contribution in [1.29, 1.82) is 0 Å². The first-order valence-electron chi connectivity index (χ1n) is 16.5. The number of likely N-dealkylation sites (tertiary alicyclic amines) is 1. The van der Waals surface area contributed by atoms with Crippen molar-refractivity contribution in [2.45, 2.75) is 56.4 Å². The summed E-state index contributed by atoms with van der Waals surface area (Å²) in [5.74, 6) is 0.584. The second-order valence-corrected chi connectivity index (χ2v) is 13.2. The average molecular weight is 618 g/mol. The fourth-order valence-corrected chi connectivity index (χ4v) is 8.12. The number of nitrogens with zero attached hydrogens (tertiary/aromatic N) is 5. The number of imide groups is 1. The summed E-state index contributed by atoms with van der Waals surface area (Å²) >= 11 is 0. The molecule has 2 amide bonds. The third-order valence-electron chi connectivity index (χ3n) is 10.7. The molecule has 5 aromatic rings. The third kappa shape index (κ3) is 4.83. The van der Waals surface area contributed by atoms with Gasteiger partial charge in [-0.15, -0.1) is 0 Å². The monoisotopic (exact) mass is 617 g/mol. The number of aryl methyl sites for hydroxylation is 1. The molecule has 10 heteroatoms. The van der Waals surface area contributed by atoms with Crippen molar-refractivity contribution in [2.24, 2.45) is 7.05 Å². The van der Waals surface area contributed by atoms with Crippen LogP contribution in [0.2, 0.25) is 0 Å². The number of anilines is 2. The lowest BCUT2D eigenvalue weighted by Crippen LogP contribution is -2.47. The number of nitrogens with two attached hydrogens (primary N) is 1. The molecule has 2 aromatic heterocycles. The van der Waals surface area contributed by atoms with Gasteiger partial charge in [-0.2, -0.15) is 4.98 Å². The van der Waals surface area contributed by atoms with E-state index >= 15 is 0 Å². The quantitative estimate of drug-likeness (QED) is 0.228. The Morgan fingerprint density at radius 3 is 2.28 bits per heavy atom. The van der Waals surface area contributed by atoms with E-state index in [1.54, 1.807) is 6.07 Å². The number of carbonyl (C=O) groups excluding carboxylic acids is 2. The number of nitrogens with one attached hydrogen (secondary N) is 1. The molecule has 5 heterocycles. The minimum atomic E-state index is -0.298. The SMILES string of the molecule is Cn1c2cc(N3CCC(N4CCC(c5ccc(C6CCC(=O)NC6=O)cc5)CC4)CC3)ccc2n2c3cccc(N)c3c(=O)nc12. The fourth-order valence-electron chi connectivity index (χ4n) is 8.12. The molecule has 46 heavy (non-hydrogen) atoms. The van der Waals surface area contributed by atoms with E-state index in [0.717, 1.165) is 74.0 Å². The maximum absolute atomic E-state index is 12.8. The largest absolute Gasteiger partial charge is 0.398 e. The van der Waals surface area contributed by atoms with Crippen LogP contribution in [0.25, 0.3) is 27.7 Å². The molecule has 3 aliphatic rings. The summed E-state index contributed by atoms with van der Waals surface area (Å²) in [6, 6.07) is 21.3. The summed E-state index contributed by atoms with van der Waals surface area (Å²) < 4.78 is 4.04. The molecule has 0 radical (unpaired) electrons. The van der Waals surface area contributed by atoms with Crippen molar-refractivity contribution in [3.63, 3.8) is 0 Å². The van der Waals surface area contributed by atoms with Crippen molar-refractivity contribution in [1.82, 2.24) is 24.2 Å². The summed E-state index contributed by atoms with van der Waals surface area (Å²) in [5.41, 5.74) is 12.7. The number of rotatable bonds is 4. The Hall–Kier alpha value is -4.70. The number of carbonyl (C=O) groups is 2. The lowest BCUT2D eigenvalue weighted by Gasteiger charge is -2.42. The van der Waals surface area contributed by atoms with Gasteiger partial charge in [0.05, 0.1) is 27.9 Å².